The molecule has 0 unspecified atom stereocenters. The van der Waals surface area contributed by atoms with Gasteiger partial charge in [0.25, 0.3) is 0 Å². The van der Waals surface area contributed by atoms with Gasteiger partial charge in [-0.05, 0) is 48.9 Å². The summed E-state index contributed by atoms with van der Waals surface area (Å²) in [5.41, 5.74) is 2.02. The number of ether oxygens (including phenoxy) is 2. The number of methoxy groups -OCH3 is 2. The number of nitrogens with zero attached hydrogens (tertiary/aromatic N) is 1. The van der Waals surface area contributed by atoms with Crippen molar-refractivity contribution in [2.24, 2.45) is 0 Å². The molecule has 2 aromatic carbocycles. The molecule has 1 amide bonds. The predicted molar refractivity (Wildman–Crippen MR) is 99.0 cm³/mol. The summed E-state index contributed by atoms with van der Waals surface area (Å²) in [7, 11) is 5.05. The van der Waals surface area contributed by atoms with Gasteiger partial charge in [0.15, 0.2) is 11.5 Å². The number of carbonyl (C=O) groups is 1. The lowest BCUT2D eigenvalue weighted by Gasteiger charge is -2.16. The molecule has 0 aliphatic carbocycles. The first-order valence-electron chi connectivity index (χ1n) is 8.42. The maximum atomic E-state index is 12.9. The lowest BCUT2D eigenvalue weighted by atomic mass is 10.1. The van der Waals surface area contributed by atoms with E-state index in [1.807, 2.05) is 30.1 Å². The van der Waals surface area contributed by atoms with Crippen LogP contribution in [0.5, 0.6) is 11.5 Å². The minimum absolute atomic E-state index is 0.0462. The smallest absolute Gasteiger partial charge is 0.234 e. The molecule has 0 bridgehead atoms. The molecule has 0 aliphatic rings. The van der Waals surface area contributed by atoms with Gasteiger partial charge in [0.1, 0.15) is 5.82 Å². The number of halogens is 1. The third kappa shape index (κ3) is 6.04. The number of carbonyl (C=O) groups excluding carboxylic acids is 1. The highest BCUT2D eigenvalue weighted by Crippen LogP contribution is 2.27. The molecule has 1 N–H and O–H groups in total. The number of rotatable bonds is 9. The lowest BCUT2D eigenvalue weighted by molar-refractivity contribution is -0.122. The van der Waals surface area contributed by atoms with Gasteiger partial charge in [-0.25, -0.2) is 4.39 Å². The molecular formula is C20H25FN2O3. The van der Waals surface area contributed by atoms with E-state index in [9.17, 15) is 9.18 Å². The number of amides is 1. The second kappa shape index (κ2) is 9.77. The average molecular weight is 360 g/mol. The van der Waals surface area contributed by atoms with Gasteiger partial charge in [-0.2, -0.15) is 0 Å². The van der Waals surface area contributed by atoms with E-state index in [2.05, 4.69) is 5.32 Å². The fraction of sp³-hybridized carbons (Fsp3) is 0.350. The van der Waals surface area contributed by atoms with Gasteiger partial charge in [0.05, 0.1) is 20.8 Å². The summed E-state index contributed by atoms with van der Waals surface area (Å²) < 4.78 is 23.4. The summed E-state index contributed by atoms with van der Waals surface area (Å²) in [6.45, 7) is 1.41. The van der Waals surface area contributed by atoms with Crippen LogP contribution in [0.25, 0.3) is 0 Å². The zero-order valence-corrected chi connectivity index (χ0v) is 15.4. The molecule has 5 nitrogen and oxygen atoms in total. The molecule has 0 saturated carbocycles. The Labute approximate surface area is 153 Å². The molecule has 26 heavy (non-hydrogen) atoms. The van der Waals surface area contributed by atoms with E-state index < -0.39 is 0 Å². The Hall–Kier alpha value is -2.60. The standard InChI is InChI=1S/C20H25FN2O3/c1-23(13-16-4-7-17(21)8-5-16)14-20(24)22-11-10-15-6-9-18(25-2)19(12-15)26-3/h4-9,12H,10-11,13-14H2,1-3H3,(H,22,24). The second-order valence-electron chi connectivity index (χ2n) is 6.09. The predicted octanol–water partition coefficient (Wildman–Crippen LogP) is 2.63. The third-order valence-corrected chi connectivity index (χ3v) is 3.96. The van der Waals surface area contributed by atoms with Crippen molar-refractivity contribution in [2.45, 2.75) is 13.0 Å². The minimum atomic E-state index is -0.260. The first kappa shape index (κ1) is 19.7. The number of hydrogen-bond acceptors (Lipinski definition) is 4. The largest absolute Gasteiger partial charge is 0.493 e. The van der Waals surface area contributed by atoms with E-state index >= 15 is 0 Å². The number of benzene rings is 2. The Morgan fingerprint density at radius 3 is 2.35 bits per heavy atom. The maximum absolute atomic E-state index is 12.9. The third-order valence-electron chi connectivity index (χ3n) is 3.96. The van der Waals surface area contributed by atoms with Crippen molar-refractivity contribution in [3.05, 3.63) is 59.4 Å². The van der Waals surface area contributed by atoms with Crippen LogP contribution in [0.15, 0.2) is 42.5 Å². The van der Waals surface area contributed by atoms with Crippen LogP contribution in [-0.2, 0) is 17.8 Å². The van der Waals surface area contributed by atoms with Crippen LogP contribution in [0.4, 0.5) is 4.39 Å². The summed E-state index contributed by atoms with van der Waals surface area (Å²) in [6, 6.07) is 12.0. The lowest BCUT2D eigenvalue weighted by Crippen LogP contribution is -2.35. The van der Waals surface area contributed by atoms with Crippen LogP contribution in [0, 0.1) is 5.82 Å². The first-order valence-corrected chi connectivity index (χ1v) is 8.42. The van der Waals surface area contributed by atoms with E-state index in [0.29, 0.717) is 31.0 Å². The molecule has 140 valence electrons. The fourth-order valence-electron chi connectivity index (χ4n) is 2.64. The first-order chi connectivity index (χ1) is 12.5. The highest BCUT2D eigenvalue weighted by atomic mass is 19.1. The highest BCUT2D eigenvalue weighted by Gasteiger charge is 2.08. The Bertz CT molecular complexity index is 719. The van der Waals surface area contributed by atoms with E-state index in [1.165, 1.54) is 12.1 Å². The molecule has 2 rings (SSSR count). The molecule has 0 heterocycles. The van der Waals surface area contributed by atoms with Crippen molar-refractivity contribution < 1.29 is 18.7 Å². The Morgan fingerprint density at radius 2 is 1.69 bits per heavy atom. The van der Waals surface area contributed by atoms with Gasteiger partial charge < -0.3 is 14.8 Å². The summed E-state index contributed by atoms with van der Waals surface area (Å²) in [5.74, 6) is 1.05. The van der Waals surface area contributed by atoms with E-state index in [0.717, 1.165) is 11.1 Å². The van der Waals surface area contributed by atoms with Crippen LogP contribution < -0.4 is 14.8 Å². The van der Waals surface area contributed by atoms with Crippen molar-refractivity contribution in [3.8, 4) is 11.5 Å². The molecular weight excluding hydrogens is 335 g/mol. The van der Waals surface area contributed by atoms with Crippen LogP contribution in [-0.4, -0.2) is 45.2 Å². The van der Waals surface area contributed by atoms with Crippen LogP contribution in [0.1, 0.15) is 11.1 Å². The zero-order chi connectivity index (χ0) is 18.9. The Kier molecular flexibility index (Phi) is 7.41. The molecule has 0 aromatic heterocycles. The SMILES string of the molecule is COc1ccc(CCNC(=O)CN(C)Cc2ccc(F)cc2)cc1OC. The molecule has 0 radical (unpaired) electrons. The normalized spacial score (nSPS) is 10.7. The van der Waals surface area contributed by atoms with Crippen molar-refractivity contribution in [3.63, 3.8) is 0 Å². The molecule has 0 aliphatic heterocycles. The summed E-state index contributed by atoms with van der Waals surface area (Å²) >= 11 is 0. The molecule has 0 spiro atoms. The van der Waals surface area contributed by atoms with E-state index in [-0.39, 0.29) is 18.3 Å². The van der Waals surface area contributed by atoms with Crippen LogP contribution in [0.3, 0.4) is 0 Å². The Balaban J connectivity index is 1.75. The van der Waals surface area contributed by atoms with Crippen molar-refractivity contribution >= 4 is 5.91 Å². The summed E-state index contributed by atoms with van der Waals surface area (Å²) in [4.78, 5) is 13.9. The van der Waals surface area contributed by atoms with Gasteiger partial charge in [-0.3, -0.25) is 9.69 Å². The molecule has 2 aromatic rings. The fourth-order valence-corrected chi connectivity index (χ4v) is 2.64. The van der Waals surface area contributed by atoms with Crippen molar-refractivity contribution in [2.75, 3.05) is 34.4 Å². The van der Waals surface area contributed by atoms with Gasteiger partial charge in [-0.1, -0.05) is 18.2 Å². The topological polar surface area (TPSA) is 50.8 Å². The maximum Gasteiger partial charge on any atom is 0.234 e. The van der Waals surface area contributed by atoms with Crippen molar-refractivity contribution in [1.29, 1.82) is 0 Å². The summed E-state index contributed by atoms with van der Waals surface area (Å²) in [5, 5.41) is 2.91. The highest BCUT2D eigenvalue weighted by molar-refractivity contribution is 5.77. The minimum Gasteiger partial charge on any atom is -0.493 e. The molecule has 0 atom stereocenters. The number of nitrogens with one attached hydrogen (secondary N) is 1. The average Bonchev–Trinajstić information content (AvgIpc) is 2.63. The van der Waals surface area contributed by atoms with Crippen LogP contribution >= 0.6 is 0 Å². The van der Waals surface area contributed by atoms with Crippen LogP contribution in [0.2, 0.25) is 0 Å². The van der Waals surface area contributed by atoms with E-state index in [4.69, 9.17) is 9.47 Å². The molecule has 0 saturated heterocycles. The number of hydrogen-bond donors (Lipinski definition) is 1. The quantitative estimate of drug-likeness (QED) is 0.747. The van der Waals surface area contributed by atoms with Gasteiger partial charge in [0.2, 0.25) is 5.91 Å². The Morgan fingerprint density at radius 1 is 1.04 bits per heavy atom. The molecule has 6 heteroatoms. The number of likely N-dealkylation sites (N-methyl/N-ethyl adjacent to an activating group) is 1. The van der Waals surface area contributed by atoms with Crippen molar-refractivity contribution in [1.82, 2.24) is 10.2 Å². The van der Waals surface area contributed by atoms with Gasteiger partial charge in [0, 0.05) is 13.1 Å². The molecule has 0 fully saturated rings. The van der Waals surface area contributed by atoms with Gasteiger partial charge in [-0.15, -0.1) is 0 Å². The monoisotopic (exact) mass is 360 g/mol. The zero-order valence-electron chi connectivity index (χ0n) is 15.4. The second-order valence-corrected chi connectivity index (χ2v) is 6.09. The van der Waals surface area contributed by atoms with Gasteiger partial charge >= 0.3 is 0 Å². The van der Waals surface area contributed by atoms with E-state index in [1.54, 1.807) is 26.4 Å². The summed E-state index contributed by atoms with van der Waals surface area (Å²) in [6.07, 6.45) is 0.702.